The first-order chi connectivity index (χ1) is 8.38. The van der Waals surface area contributed by atoms with Gasteiger partial charge in [0.2, 0.25) is 0 Å². The van der Waals surface area contributed by atoms with Gasteiger partial charge in [-0.2, -0.15) is 5.26 Å². The fourth-order valence-electron chi connectivity index (χ4n) is 1.43. The minimum atomic E-state index is 0.501. The van der Waals surface area contributed by atoms with Gasteiger partial charge in [0.1, 0.15) is 0 Å². The van der Waals surface area contributed by atoms with Crippen LogP contribution in [0.25, 0.3) is 0 Å². The second-order valence-corrected chi connectivity index (χ2v) is 3.62. The van der Waals surface area contributed by atoms with E-state index in [1.807, 2.05) is 30.3 Å². The van der Waals surface area contributed by atoms with Crippen molar-refractivity contribution in [3.63, 3.8) is 0 Å². The van der Waals surface area contributed by atoms with Crippen molar-refractivity contribution in [1.29, 1.82) is 5.26 Å². The summed E-state index contributed by atoms with van der Waals surface area (Å²) in [7, 11) is 0. The van der Waals surface area contributed by atoms with E-state index in [-0.39, 0.29) is 0 Å². The third-order valence-electron chi connectivity index (χ3n) is 2.33. The van der Waals surface area contributed by atoms with E-state index in [1.165, 1.54) is 0 Å². The number of nitriles is 1. The summed E-state index contributed by atoms with van der Waals surface area (Å²) in [6.45, 7) is 1.03. The number of rotatable bonds is 4. The van der Waals surface area contributed by atoms with Crippen molar-refractivity contribution >= 4 is 0 Å². The monoisotopic (exact) mass is 224 g/mol. The largest absolute Gasteiger partial charge is 0.370 e. The van der Waals surface area contributed by atoms with Crippen LogP contribution in [-0.4, -0.2) is 4.98 Å². The number of benzene rings is 1. The molecule has 1 aromatic heterocycles. The zero-order chi connectivity index (χ0) is 11.9. The van der Waals surface area contributed by atoms with Gasteiger partial charge in [0.05, 0.1) is 30.5 Å². The quantitative estimate of drug-likeness (QED) is 0.802. The molecule has 2 aromatic rings. The molecule has 3 heteroatoms. The number of hydrogen-bond acceptors (Lipinski definition) is 3. The molecule has 2 rings (SSSR count). The van der Waals surface area contributed by atoms with Crippen LogP contribution in [0.15, 0.2) is 48.7 Å². The maximum absolute atomic E-state index is 8.66. The van der Waals surface area contributed by atoms with E-state index in [1.54, 1.807) is 18.3 Å². The van der Waals surface area contributed by atoms with Crippen molar-refractivity contribution in [2.45, 2.75) is 13.2 Å². The minimum absolute atomic E-state index is 0.501. The van der Waals surface area contributed by atoms with Crippen molar-refractivity contribution in [2.75, 3.05) is 0 Å². The predicted octanol–water partition coefficient (Wildman–Crippen LogP) is 2.67. The highest BCUT2D eigenvalue weighted by molar-refractivity contribution is 5.31. The molecule has 0 unspecified atom stereocenters. The molecule has 17 heavy (non-hydrogen) atoms. The SMILES string of the molecule is N#Cc1ccc(COCc2ccccn2)cc1. The smallest absolute Gasteiger partial charge is 0.0991 e. The molecule has 84 valence electrons. The molecule has 0 aliphatic heterocycles. The molecule has 0 aliphatic carbocycles. The van der Waals surface area contributed by atoms with Crippen molar-refractivity contribution in [2.24, 2.45) is 0 Å². The van der Waals surface area contributed by atoms with Gasteiger partial charge in [-0.3, -0.25) is 4.98 Å². The van der Waals surface area contributed by atoms with Crippen LogP contribution in [-0.2, 0) is 18.0 Å². The number of aromatic nitrogens is 1. The van der Waals surface area contributed by atoms with Crippen molar-refractivity contribution in [3.8, 4) is 6.07 Å². The molecule has 1 aromatic carbocycles. The van der Waals surface area contributed by atoms with Crippen LogP contribution in [0.1, 0.15) is 16.8 Å². The third-order valence-corrected chi connectivity index (χ3v) is 2.33. The lowest BCUT2D eigenvalue weighted by Crippen LogP contribution is -1.95. The molecule has 0 spiro atoms. The topological polar surface area (TPSA) is 45.9 Å². The van der Waals surface area contributed by atoms with E-state index in [0.717, 1.165) is 11.3 Å². The zero-order valence-corrected chi connectivity index (χ0v) is 9.34. The van der Waals surface area contributed by atoms with Crippen LogP contribution < -0.4 is 0 Å². The molecule has 0 atom stereocenters. The van der Waals surface area contributed by atoms with Crippen molar-refractivity contribution in [3.05, 3.63) is 65.5 Å². The van der Waals surface area contributed by atoms with Gasteiger partial charge >= 0.3 is 0 Å². The van der Waals surface area contributed by atoms with Gasteiger partial charge in [-0.1, -0.05) is 18.2 Å². The fourth-order valence-corrected chi connectivity index (χ4v) is 1.43. The molecule has 1 heterocycles. The summed E-state index contributed by atoms with van der Waals surface area (Å²) in [5.41, 5.74) is 2.64. The Bertz CT molecular complexity index is 500. The molecule has 3 nitrogen and oxygen atoms in total. The van der Waals surface area contributed by atoms with Crippen LogP contribution >= 0.6 is 0 Å². The Balaban J connectivity index is 1.84. The average molecular weight is 224 g/mol. The Labute approximate surface area is 100 Å². The van der Waals surface area contributed by atoms with Crippen LogP contribution in [0.3, 0.4) is 0 Å². The molecular formula is C14H12N2O. The minimum Gasteiger partial charge on any atom is -0.370 e. The van der Waals surface area contributed by atoms with Crippen LogP contribution in [0.4, 0.5) is 0 Å². The van der Waals surface area contributed by atoms with E-state index in [9.17, 15) is 0 Å². The average Bonchev–Trinajstić information content (AvgIpc) is 2.41. The molecular weight excluding hydrogens is 212 g/mol. The van der Waals surface area contributed by atoms with Gasteiger partial charge in [-0.15, -0.1) is 0 Å². The maximum atomic E-state index is 8.66. The molecule has 0 aliphatic rings. The molecule has 0 bridgehead atoms. The summed E-state index contributed by atoms with van der Waals surface area (Å²) < 4.78 is 5.53. The summed E-state index contributed by atoms with van der Waals surface area (Å²) in [5, 5.41) is 8.66. The van der Waals surface area contributed by atoms with Gasteiger partial charge in [0, 0.05) is 6.20 Å². The van der Waals surface area contributed by atoms with Gasteiger partial charge in [0.25, 0.3) is 0 Å². The van der Waals surface area contributed by atoms with Crippen molar-refractivity contribution < 1.29 is 4.74 Å². The Morgan fingerprint density at radius 3 is 2.53 bits per heavy atom. The molecule has 0 radical (unpaired) electrons. The number of nitrogens with zero attached hydrogens (tertiary/aromatic N) is 2. The first kappa shape index (κ1) is 11.3. The van der Waals surface area contributed by atoms with Gasteiger partial charge < -0.3 is 4.74 Å². The highest BCUT2D eigenvalue weighted by Gasteiger charge is 1.96. The number of ether oxygens (including phenoxy) is 1. The van der Waals surface area contributed by atoms with E-state index in [0.29, 0.717) is 18.8 Å². The molecule has 0 saturated heterocycles. The van der Waals surface area contributed by atoms with Crippen LogP contribution in [0, 0.1) is 11.3 Å². The van der Waals surface area contributed by atoms with E-state index in [4.69, 9.17) is 10.00 Å². The lowest BCUT2D eigenvalue weighted by Gasteiger charge is -2.03. The highest BCUT2D eigenvalue weighted by Crippen LogP contribution is 2.06. The lowest BCUT2D eigenvalue weighted by molar-refractivity contribution is 0.104. The van der Waals surface area contributed by atoms with Crippen LogP contribution in [0.2, 0.25) is 0 Å². The van der Waals surface area contributed by atoms with Crippen molar-refractivity contribution in [1.82, 2.24) is 4.98 Å². The van der Waals surface area contributed by atoms with E-state index >= 15 is 0 Å². The number of hydrogen-bond donors (Lipinski definition) is 0. The highest BCUT2D eigenvalue weighted by atomic mass is 16.5. The molecule has 0 amide bonds. The van der Waals surface area contributed by atoms with Gasteiger partial charge in [-0.25, -0.2) is 0 Å². The summed E-state index contributed by atoms with van der Waals surface area (Å²) in [6.07, 6.45) is 1.75. The van der Waals surface area contributed by atoms with Gasteiger partial charge in [-0.05, 0) is 29.8 Å². The van der Waals surface area contributed by atoms with E-state index in [2.05, 4.69) is 11.1 Å². The zero-order valence-electron chi connectivity index (χ0n) is 9.34. The Hall–Kier alpha value is -2.18. The van der Waals surface area contributed by atoms with E-state index < -0.39 is 0 Å². The fraction of sp³-hybridized carbons (Fsp3) is 0.143. The summed E-state index contributed by atoms with van der Waals surface area (Å²) in [5.74, 6) is 0. The van der Waals surface area contributed by atoms with Gasteiger partial charge in [0.15, 0.2) is 0 Å². The second kappa shape index (κ2) is 5.78. The first-order valence-electron chi connectivity index (χ1n) is 5.35. The Kier molecular flexibility index (Phi) is 3.85. The lowest BCUT2D eigenvalue weighted by atomic mass is 10.2. The molecule has 0 N–H and O–H groups in total. The third kappa shape index (κ3) is 3.40. The molecule has 0 saturated carbocycles. The summed E-state index contributed by atoms with van der Waals surface area (Å²) in [6, 6.07) is 15.2. The predicted molar refractivity (Wildman–Crippen MR) is 63.9 cm³/mol. The summed E-state index contributed by atoms with van der Waals surface area (Å²) >= 11 is 0. The first-order valence-corrected chi connectivity index (χ1v) is 5.35. The molecule has 0 fully saturated rings. The maximum Gasteiger partial charge on any atom is 0.0991 e. The van der Waals surface area contributed by atoms with Crippen LogP contribution in [0.5, 0.6) is 0 Å². The number of pyridine rings is 1. The second-order valence-electron chi connectivity index (χ2n) is 3.62. The standard InChI is InChI=1S/C14H12N2O/c15-9-12-4-6-13(7-5-12)10-17-11-14-3-1-2-8-16-14/h1-8H,10-11H2. The Morgan fingerprint density at radius 2 is 1.88 bits per heavy atom. The normalized spacial score (nSPS) is 9.82. The summed E-state index contributed by atoms with van der Waals surface area (Å²) in [4.78, 5) is 4.17. The Morgan fingerprint density at radius 1 is 1.06 bits per heavy atom.